The highest BCUT2D eigenvalue weighted by molar-refractivity contribution is 7.07. The Labute approximate surface area is 112 Å². The van der Waals surface area contributed by atoms with E-state index in [-0.39, 0.29) is 5.56 Å². The van der Waals surface area contributed by atoms with Crippen molar-refractivity contribution in [3.63, 3.8) is 0 Å². The minimum absolute atomic E-state index is 0.345. The van der Waals surface area contributed by atoms with Crippen molar-refractivity contribution in [3.8, 4) is 6.07 Å². The number of anilines is 1. The fraction of sp³-hybridized carbons (Fsp3) is 0.154. The molecule has 98 valence electrons. The van der Waals surface area contributed by atoms with Gasteiger partial charge in [-0.3, -0.25) is 0 Å². The van der Waals surface area contributed by atoms with Gasteiger partial charge in [-0.25, -0.2) is 0 Å². The van der Waals surface area contributed by atoms with E-state index < -0.39 is 11.7 Å². The van der Waals surface area contributed by atoms with Gasteiger partial charge in [0.25, 0.3) is 0 Å². The van der Waals surface area contributed by atoms with Crippen LogP contribution < -0.4 is 5.32 Å². The van der Waals surface area contributed by atoms with Gasteiger partial charge in [0.05, 0.1) is 17.2 Å². The van der Waals surface area contributed by atoms with Crippen LogP contribution in [0.1, 0.15) is 16.7 Å². The zero-order chi connectivity index (χ0) is 13.9. The Hall–Kier alpha value is -2.00. The fourth-order valence-corrected chi connectivity index (χ4v) is 2.25. The number of nitriles is 1. The van der Waals surface area contributed by atoms with Gasteiger partial charge in [0.1, 0.15) is 0 Å². The number of hydrogen-bond acceptors (Lipinski definition) is 3. The number of benzene rings is 1. The smallest absolute Gasteiger partial charge is 0.381 e. The summed E-state index contributed by atoms with van der Waals surface area (Å²) in [6.07, 6.45) is -4.52. The topological polar surface area (TPSA) is 35.8 Å². The van der Waals surface area contributed by atoms with Crippen molar-refractivity contribution in [2.24, 2.45) is 0 Å². The van der Waals surface area contributed by atoms with Crippen LogP contribution in [0.5, 0.6) is 0 Å². The Morgan fingerprint density at radius 3 is 2.63 bits per heavy atom. The van der Waals surface area contributed by atoms with E-state index in [1.54, 1.807) is 6.07 Å². The molecule has 19 heavy (non-hydrogen) atoms. The summed E-state index contributed by atoms with van der Waals surface area (Å²) in [5.41, 5.74) is 0.0688. The summed E-state index contributed by atoms with van der Waals surface area (Å²) in [4.78, 5) is 0. The van der Waals surface area contributed by atoms with Gasteiger partial charge in [-0.1, -0.05) is 0 Å². The average molecular weight is 282 g/mol. The number of rotatable bonds is 3. The third-order valence-corrected chi connectivity index (χ3v) is 3.25. The van der Waals surface area contributed by atoms with E-state index in [4.69, 9.17) is 5.26 Å². The van der Waals surface area contributed by atoms with E-state index in [1.807, 2.05) is 16.8 Å². The van der Waals surface area contributed by atoms with Crippen LogP contribution in [0.25, 0.3) is 0 Å². The van der Waals surface area contributed by atoms with Gasteiger partial charge >= 0.3 is 6.18 Å². The molecule has 0 saturated carbocycles. The first-order valence-electron chi connectivity index (χ1n) is 5.37. The van der Waals surface area contributed by atoms with Gasteiger partial charge in [-0.05, 0) is 40.6 Å². The van der Waals surface area contributed by atoms with Crippen LogP contribution in [0, 0.1) is 11.3 Å². The zero-order valence-corrected chi connectivity index (χ0v) is 10.5. The molecule has 0 radical (unpaired) electrons. The van der Waals surface area contributed by atoms with Crippen LogP contribution in [-0.2, 0) is 12.7 Å². The maximum absolute atomic E-state index is 12.8. The first kappa shape index (κ1) is 13.4. The van der Waals surface area contributed by atoms with Crippen molar-refractivity contribution in [3.05, 3.63) is 51.7 Å². The quantitative estimate of drug-likeness (QED) is 0.913. The lowest BCUT2D eigenvalue weighted by Crippen LogP contribution is -2.09. The molecule has 0 unspecified atom stereocenters. The maximum atomic E-state index is 12.8. The third kappa shape index (κ3) is 3.26. The highest BCUT2D eigenvalue weighted by Crippen LogP contribution is 2.33. The van der Waals surface area contributed by atoms with Gasteiger partial charge in [0, 0.05) is 12.2 Å². The molecule has 0 bridgehead atoms. The van der Waals surface area contributed by atoms with Gasteiger partial charge in [-0.2, -0.15) is 29.8 Å². The lowest BCUT2D eigenvalue weighted by Gasteiger charge is -2.11. The number of hydrogen-bond donors (Lipinski definition) is 1. The predicted octanol–water partition coefficient (Wildman–Crippen LogP) is 4.25. The van der Waals surface area contributed by atoms with Gasteiger partial charge in [0.2, 0.25) is 0 Å². The first-order valence-corrected chi connectivity index (χ1v) is 6.31. The summed E-state index contributed by atoms with van der Waals surface area (Å²) in [6.45, 7) is 0.451. The molecule has 0 amide bonds. The van der Waals surface area contributed by atoms with E-state index in [0.29, 0.717) is 12.2 Å². The third-order valence-electron chi connectivity index (χ3n) is 2.52. The standard InChI is InChI=1S/C13H9F3N2S/c14-13(15,16)12-5-11(2-1-10(12)6-17)18-7-9-3-4-19-8-9/h1-5,8,18H,7H2. The van der Waals surface area contributed by atoms with Crippen molar-refractivity contribution in [2.45, 2.75) is 12.7 Å². The van der Waals surface area contributed by atoms with Crippen molar-refractivity contribution in [2.75, 3.05) is 5.32 Å². The van der Waals surface area contributed by atoms with Crippen LogP contribution in [0.4, 0.5) is 18.9 Å². The van der Waals surface area contributed by atoms with Crippen LogP contribution in [0.3, 0.4) is 0 Å². The molecular weight excluding hydrogens is 273 g/mol. The summed E-state index contributed by atoms with van der Waals surface area (Å²) < 4.78 is 38.3. The molecule has 0 saturated heterocycles. The summed E-state index contributed by atoms with van der Waals surface area (Å²) in [6, 6.07) is 7.06. The second-order valence-corrected chi connectivity index (χ2v) is 4.64. The molecule has 0 aliphatic carbocycles. The van der Waals surface area contributed by atoms with Gasteiger partial charge < -0.3 is 5.32 Å². The van der Waals surface area contributed by atoms with Crippen LogP contribution in [0.2, 0.25) is 0 Å². The Bertz CT molecular complexity index is 597. The molecule has 1 heterocycles. The lowest BCUT2D eigenvalue weighted by molar-refractivity contribution is -0.137. The van der Waals surface area contributed by atoms with E-state index in [9.17, 15) is 13.2 Å². The minimum atomic E-state index is -4.52. The monoisotopic (exact) mass is 282 g/mol. The van der Waals surface area contributed by atoms with E-state index in [2.05, 4.69) is 5.32 Å². The molecule has 2 nitrogen and oxygen atoms in total. The molecule has 1 aromatic carbocycles. The van der Waals surface area contributed by atoms with Crippen molar-refractivity contribution in [1.82, 2.24) is 0 Å². The molecule has 1 N–H and O–H groups in total. The first-order chi connectivity index (χ1) is 9.00. The van der Waals surface area contributed by atoms with Crippen LogP contribution in [0.15, 0.2) is 35.0 Å². The molecule has 1 aromatic heterocycles. The molecule has 2 aromatic rings. The Balaban J connectivity index is 2.21. The van der Waals surface area contributed by atoms with E-state index in [0.717, 1.165) is 11.6 Å². The number of alkyl halides is 3. The van der Waals surface area contributed by atoms with Crippen molar-refractivity contribution < 1.29 is 13.2 Å². The minimum Gasteiger partial charge on any atom is -0.381 e. The number of halogens is 3. The van der Waals surface area contributed by atoms with Crippen LogP contribution >= 0.6 is 11.3 Å². The van der Waals surface area contributed by atoms with Gasteiger partial charge in [-0.15, -0.1) is 0 Å². The number of thiophene rings is 1. The van der Waals surface area contributed by atoms with Gasteiger partial charge in [0.15, 0.2) is 0 Å². The normalized spacial score (nSPS) is 11.1. The lowest BCUT2D eigenvalue weighted by atomic mass is 10.1. The fourth-order valence-electron chi connectivity index (χ4n) is 1.58. The second-order valence-electron chi connectivity index (χ2n) is 3.86. The Morgan fingerprint density at radius 1 is 1.26 bits per heavy atom. The SMILES string of the molecule is N#Cc1ccc(NCc2ccsc2)cc1C(F)(F)F. The van der Waals surface area contributed by atoms with E-state index >= 15 is 0 Å². The van der Waals surface area contributed by atoms with Crippen LogP contribution in [-0.4, -0.2) is 0 Å². The van der Waals surface area contributed by atoms with Crippen molar-refractivity contribution in [1.29, 1.82) is 5.26 Å². The molecule has 0 aliphatic rings. The summed E-state index contributed by atoms with van der Waals surface area (Å²) >= 11 is 1.53. The summed E-state index contributed by atoms with van der Waals surface area (Å²) in [5.74, 6) is 0. The molecule has 0 atom stereocenters. The average Bonchev–Trinajstić information content (AvgIpc) is 2.88. The zero-order valence-electron chi connectivity index (χ0n) is 9.66. The highest BCUT2D eigenvalue weighted by Gasteiger charge is 2.33. The molecule has 0 aliphatic heterocycles. The molecule has 0 fully saturated rings. The largest absolute Gasteiger partial charge is 0.417 e. The second kappa shape index (κ2) is 5.33. The maximum Gasteiger partial charge on any atom is 0.417 e. The Morgan fingerprint density at radius 2 is 2.05 bits per heavy atom. The number of nitrogens with zero attached hydrogens (tertiary/aromatic N) is 1. The number of nitrogens with one attached hydrogen (secondary N) is 1. The van der Waals surface area contributed by atoms with Crippen molar-refractivity contribution >= 4 is 17.0 Å². The molecule has 0 spiro atoms. The van der Waals surface area contributed by atoms with E-state index in [1.165, 1.54) is 23.5 Å². The molecule has 6 heteroatoms. The summed E-state index contributed by atoms with van der Waals surface area (Å²) in [5, 5.41) is 15.4. The predicted molar refractivity (Wildman–Crippen MR) is 67.8 cm³/mol. The Kier molecular flexibility index (Phi) is 3.76. The highest BCUT2D eigenvalue weighted by atomic mass is 32.1. The molecule has 2 rings (SSSR count). The summed E-state index contributed by atoms with van der Waals surface area (Å²) in [7, 11) is 0. The molecular formula is C13H9F3N2S.